The van der Waals surface area contributed by atoms with Crippen molar-refractivity contribution < 1.29 is 4.79 Å². The Labute approximate surface area is 115 Å². The summed E-state index contributed by atoms with van der Waals surface area (Å²) in [6.07, 6.45) is 3.25. The molecule has 1 saturated carbocycles. The average Bonchev–Trinajstić information content (AvgIpc) is 2.69. The fourth-order valence-corrected chi connectivity index (χ4v) is 3.04. The lowest BCUT2D eigenvalue weighted by atomic mass is 9.81. The largest absolute Gasteiger partial charge is 0.326 e. The summed E-state index contributed by atoms with van der Waals surface area (Å²) in [6, 6.07) is 7.71. The summed E-state index contributed by atoms with van der Waals surface area (Å²) in [5.74, 6) is 0.240. The van der Waals surface area contributed by atoms with Gasteiger partial charge in [-0.1, -0.05) is 38.5 Å². The first kappa shape index (κ1) is 14.1. The van der Waals surface area contributed by atoms with Gasteiger partial charge in [-0.2, -0.15) is 0 Å². The van der Waals surface area contributed by atoms with Gasteiger partial charge in [-0.15, -0.1) is 0 Å². The maximum absolute atomic E-state index is 12.5. The summed E-state index contributed by atoms with van der Waals surface area (Å²) in [5.41, 5.74) is 7.89. The smallest absolute Gasteiger partial charge is 0.228 e. The highest BCUT2D eigenvalue weighted by Crippen LogP contribution is 2.43. The molecule has 0 bridgehead atoms. The van der Waals surface area contributed by atoms with Crippen molar-refractivity contribution in [1.29, 1.82) is 0 Å². The SMILES string of the molecule is CC(N)c1ccccc1NC(=O)C1CCCC1(C)C. The van der Waals surface area contributed by atoms with Gasteiger partial charge in [0.25, 0.3) is 0 Å². The normalized spacial score (nSPS) is 23.1. The molecule has 0 aliphatic heterocycles. The van der Waals surface area contributed by atoms with Crippen LogP contribution in [0.2, 0.25) is 0 Å². The summed E-state index contributed by atoms with van der Waals surface area (Å²) in [4.78, 5) is 12.5. The van der Waals surface area contributed by atoms with Crippen LogP contribution in [0.3, 0.4) is 0 Å². The van der Waals surface area contributed by atoms with Gasteiger partial charge in [0.1, 0.15) is 0 Å². The summed E-state index contributed by atoms with van der Waals surface area (Å²) in [6.45, 7) is 6.30. The molecule has 2 rings (SSSR count). The third-order valence-electron chi connectivity index (χ3n) is 4.28. The molecule has 1 aromatic carbocycles. The number of nitrogens with one attached hydrogen (secondary N) is 1. The van der Waals surface area contributed by atoms with Crippen LogP contribution >= 0.6 is 0 Å². The van der Waals surface area contributed by atoms with Crippen LogP contribution in [0.4, 0.5) is 5.69 Å². The zero-order chi connectivity index (χ0) is 14.0. The van der Waals surface area contributed by atoms with E-state index in [4.69, 9.17) is 5.73 Å². The van der Waals surface area contributed by atoms with E-state index in [1.54, 1.807) is 0 Å². The minimum absolute atomic E-state index is 0.0758. The van der Waals surface area contributed by atoms with Crippen LogP contribution in [-0.2, 0) is 4.79 Å². The van der Waals surface area contributed by atoms with Crippen LogP contribution in [-0.4, -0.2) is 5.91 Å². The summed E-state index contributed by atoms with van der Waals surface area (Å²) in [7, 11) is 0. The lowest BCUT2D eigenvalue weighted by molar-refractivity contribution is -0.122. The number of nitrogens with two attached hydrogens (primary N) is 1. The lowest BCUT2D eigenvalue weighted by Gasteiger charge is -2.26. The Bertz CT molecular complexity index is 466. The molecule has 0 heterocycles. The van der Waals surface area contributed by atoms with Crippen molar-refractivity contribution >= 4 is 11.6 Å². The molecule has 0 radical (unpaired) electrons. The standard InChI is InChI=1S/C16H24N2O/c1-11(17)12-7-4-5-9-14(12)18-15(19)13-8-6-10-16(13,2)3/h4-5,7,9,11,13H,6,8,10,17H2,1-3H3,(H,18,19). The van der Waals surface area contributed by atoms with Crippen molar-refractivity contribution in [3.8, 4) is 0 Å². The quantitative estimate of drug-likeness (QED) is 0.874. The fourth-order valence-electron chi connectivity index (χ4n) is 3.04. The van der Waals surface area contributed by atoms with E-state index >= 15 is 0 Å². The van der Waals surface area contributed by atoms with Crippen molar-refractivity contribution in [3.63, 3.8) is 0 Å². The summed E-state index contributed by atoms with van der Waals surface area (Å²) >= 11 is 0. The van der Waals surface area contributed by atoms with Gasteiger partial charge >= 0.3 is 0 Å². The number of anilines is 1. The maximum atomic E-state index is 12.5. The van der Waals surface area contributed by atoms with E-state index in [0.717, 1.165) is 30.5 Å². The molecule has 3 N–H and O–H groups in total. The van der Waals surface area contributed by atoms with Gasteiger partial charge in [-0.25, -0.2) is 0 Å². The van der Waals surface area contributed by atoms with E-state index in [1.165, 1.54) is 0 Å². The van der Waals surface area contributed by atoms with Gasteiger partial charge in [0.05, 0.1) is 0 Å². The van der Waals surface area contributed by atoms with Crippen molar-refractivity contribution in [2.24, 2.45) is 17.1 Å². The van der Waals surface area contributed by atoms with Crippen LogP contribution in [0, 0.1) is 11.3 Å². The van der Waals surface area contributed by atoms with Crippen molar-refractivity contribution in [3.05, 3.63) is 29.8 Å². The van der Waals surface area contributed by atoms with Crippen molar-refractivity contribution in [2.75, 3.05) is 5.32 Å². The van der Waals surface area contributed by atoms with Crippen LogP contribution in [0.1, 0.15) is 51.6 Å². The Morgan fingerprint density at radius 1 is 1.42 bits per heavy atom. The Balaban J connectivity index is 2.16. The Kier molecular flexibility index (Phi) is 3.95. The monoisotopic (exact) mass is 260 g/mol. The highest BCUT2D eigenvalue weighted by molar-refractivity contribution is 5.94. The van der Waals surface area contributed by atoms with Gasteiger partial charge < -0.3 is 11.1 Å². The number of rotatable bonds is 3. The summed E-state index contributed by atoms with van der Waals surface area (Å²) in [5, 5.41) is 3.07. The molecule has 3 nitrogen and oxygen atoms in total. The zero-order valence-electron chi connectivity index (χ0n) is 12.1. The van der Waals surface area contributed by atoms with Gasteiger partial charge in [0.15, 0.2) is 0 Å². The summed E-state index contributed by atoms with van der Waals surface area (Å²) < 4.78 is 0. The van der Waals surface area contributed by atoms with E-state index in [0.29, 0.717) is 0 Å². The average molecular weight is 260 g/mol. The molecule has 3 heteroatoms. The topological polar surface area (TPSA) is 55.1 Å². The molecular formula is C16H24N2O. The molecule has 0 aromatic heterocycles. The zero-order valence-corrected chi connectivity index (χ0v) is 12.1. The highest BCUT2D eigenvalue weighted by Gasteiger charge is 2.39. The molecule has 1 aromatic rings. The second-order valence-electron chi connectivity index (χ2n) is 6.30. The molecule has 0 spiro atoms. The predicted molar refractivity (Wildman–Crippen MR) is 78.8 cm³/mol. The Morgan fingerprint density at radius 3 is 2.68 bits per heavy atom. The molecule has 0 saturated heterocycles. The molecule has 1 fully saturated rings. The first-order valence-corrected chi connectivity index (χ1v) is 7.07. The third kappa shape index (κ3) is 2.98. The van der Waals surface area contributed by atoms with E-state index in [2.05, 4.69) is 19.2 Å². The highest BCUT2D eigenvalue weighted by atomic mass is 16.1. The van der Waals surface area contributed by atoms with Crippen LogP contribution in [0.25, 0.3) is 0 Å². The van der Waals surface area contributed by atoms with Crippen molar-refractivity contribution in [1.82, 2.24) is 0 Å². The number of carbonyl (C=O) groups excluding carboxylic acids is 1. The molecule has 1 aliphatic carbocycles. The molecule has 19 heavy (non-hydrogen) atoms. The number of amides is 1. The first-order valence-electron chi connectivity index (χ1n) is 7.07. The lowest BCUT2D eigenvalue weighted by Crippen LogP contribution is -2.31. The maximum Gasteiger partial charge on any atom is 0.228 e. The number of para-hydroxylation sites is 1. The number of benzene rings is 1. The van der Waals surface area contributed by atoms with Crippen molar-refractivity contribution in [2.45, 2.75) is 46.1 Å². The number of hydrogen-bond acceptors (Lipinski definition) is 2. The van der Waals surface area contributed by atoms with Crippen LogP contribution in [0.5, 0.6) is 0 Å². The van der Waals surface area contributed by atoms with Gasteiger partial charge in [0.2, 0.25) is 5.91 Å². The molecule has 2 atom stereocenters. The molecule has 2 unspecified atom stereocenters. The number of carbonyl (C=O) groups is 1. The molecule has 104 valence electrons. The van der Waals surface area contributed by atoms with Crippen LogP contribution < -0.4 is 11.1 Å². The van der Waals surface area contributed by atoms with E-state index < -0.39 is 0 Å². The minimum Gasteiger partial charge on any atom is -0.326 e. The van der Waals surface area contributed by atoms with E-state index in [1.807, 2.05) is 31.2 Å². The second kappa shape index (κ2) is 5.33. The Hall–Kier alpha value is -1.35. The second-order valence-corrected chi connectivity index (χ2v) is 6.30. The van der Waals surface area contributed by atoms with E-state index in [9.17, 15) is 4.79 Å². The third-order valence-corrected chi connectivity index (χ3v) is 4.28. The predicted octanol–water partition coefficient (Wildman–Crippen LogP) is 3.47. The van der Waals surface area contributed by atoms with E-state index in [-0.39, 0.29) is 23.3 Å². The molecule has 1 amide bonds. The Morgan fingerprint density at radius 2 is 2.11 bits per heavy atom. The molecular weight excluding hydrogens is 236 g/mol. The number of hydrogen-bond donors (Lipinski definition) is 2. The van der Waals surface area contributed by atoms with Gasteiger partial charge in [-0.3, -0.25) is 4.79 Å². The first-order chi connectivity index (χ1) is 8.92. The fraction of sp³-hybridized carbons (Fsp3) is 0.562. The molecule has 1 aliphatic rings. The van der Waals surface area contributed by atoms with Crippen LogP contribution in [0.15, 0.2) is 24.3 Å². The van der Waals surface area contributed by atoms with Gasteiger partial charge in [-0.05, 0) is 36.8 Å². The minimum atomic E-state index is -0.0758. The van der Waals surface area contributed by atoms with Gasteiger partial charge in [0, 0.05) is 17.6 Å².